The van der Waals surface area contributed by atoms with Crippen molar-refractivity contribution in [3.05, 3.63) is 47.0 Å². The molecule has 0 atom stereocenters. The van der Waals surface area contributed by atoms with E-state index in [4.69, 9.17) is 0 Å². The van der Waals surface area contributed by atoms with Crippen LogP contribution in [0.5, 0.6) is 0 Å². The smallest absolute Gasteiger partial charge is 0.146 e. The first-order valence-electron chi connectivity index (χ1n) is 11.0. The molecule has 0 amide bonds. The molecule has 2 aliphatic rings. The Labute approximate surface area is 169 Å². The van der Waals surface area contributed by atoms with E-state index in [9.17, 15) is 0 Å². The van der Waals surface area contributed by atoms with Gasteiger partial charge in [0.1, 0.15) is 11.6 Å². The average molecular weight is 382 g/mol. The lowest BCUT2D eigenvalue weighted by Gasteiger charge is -2.31. The number of likely N-dealkylation sites (tertiary alicyclic amines) is 2. The Morgan fingerprint density at radius 2 is 1.54 bits per heavy atom. The number of benzene rings is 1. The van der Waals surface area contributed by atoms with E-state index in [1.807, 2.05) is 0 Å². The van der Waals surface area contributed by atoms with E-state index < -0.39 is 0 Å². The third-order valence-corrected chi connectivity index (χ3v) is 6.57. The Kier molecular flexibility index (Phi) is 6.12. The maximum atomic E-state index is 4.58. The molecule has 0 bridgehead atoms. The third-order valence-electron chi connectivity index (χ3n) is 6.57. The number of nitrogens with zero attached hydrogens (tertiary/aromatic N) is 5. The van der Waals surface area contributed by atoms with Crippen LogP contribution in [-0.2, 0) is 20.1 Å². The summed E-state index contributed by atoms with van der Waals surface area (Å²) in [4.78, 5) is 5.09. The van der Waals surface area contributed by atoms with Gasteiger partial charge in [-0.2, -0.15) is 0 Å². The van der Waals surface area contributed by atoms with Gasteiger partial charge in [-0.15, -0.1) is 10.2 Å². The predicted octanol–water partition coefficient (Wildman–Crippen LogP) is 3.91. The lowest BCUT2D eigenvalue weighted by Crippen LogP contribution is -2.33. The highest BCUT2D eigenvalue weighted by molar-refractivity contribution is 5.24. The Balaban J connectivity index is 1.31. The van der Waals surface area contributed by atoms with Gasteiger partial charge in [0.15, 0.2) is 0 Å². The summed E-state index contributed by atoms with van der Waals surface area (Å²) in [5.41, 5.74) is 2.85. The van der Waals surface area contributed by atoms with Crippen LogP contribution in [0.3, 0.4) is 0 Å². The summed E-state index contributed by atoms with van der Waals surface area (Å²) >= 11 is 0. The Morgan fingerprint density at radius 1 is 0.893 bits per heavy atom. The second-order valence-electron chi connectivity index (χ2n) is 8.96. The van der Waals surface area contributed by atoms with Gasteiger partial charge >= 0.3 is 0 Å². The molecule has 1 aromatic heterocycles. The van der Waals surface area contributed by atoms with Crippen LogP contribution < -0.4 is 0 Å². The summed E-state index contributed by atoms with van der Waals surface area (Å²) in [6.07, 6.45) is 5.01. The molecule has 152 valence electrons. The molecule has 5 nitrogen and oxygen atoms in total. The van der Waals surface area contributed by atoms with Crippen LogP contribution in [0.15, 0.2) is 24.3 Å². The standard InChI is InChI=1S/C23H35N5/c1-18(2)20-8-6-19(7-9-20)16-28-14-10-21(11-15-28)23-25-24-22(26(23)3)17-27-12-4-5-13-27/h6-9,18,21H,4-5,10-17H2,1-3H3. The van der Waals surface area contributed by atoms with Gasteiger partial charge in [-0.1, -0.05) is 38.1 Å². The van der Waals surface area contributed by atoms with Crippen LogP contribution >= 0.6 is 0 Å². The van der Waals surface area contributed by atoms with Gasteiger partial charge in [-0.05, 0) is 68.9 Å². The average Bonchev–Trinajstić information content (AvgIpc) is 3.34. The fourth-order valence-corrected chi connectivity index (χ4v) is 4.62. The zero-order valence-corrected chi connectivity index (χ0v) is 17.8. The maximum Gasteiger partial charge on any atom is 0.146 e. The molecule has 28 heavy (non-hydrogen) atoms. The summed E-state index contributed by atoms with van der Waals surface area (Å²) in [5.74, 6) is 3.47. The lowest BCUT2D eigenvalue weighted by molar-refractivity contribution is 0.200. The van der Waals surface area contributed by atoms with Gasteiger partial charge < -0.3 is 4.57 Å². The van der Waals surface area contributed by atoms with E-state index >= 15 is 0 Å². The van der Waals surface area contributed by atoms with E-state index in [2.05, 4.69) is 69.7 Å². The Hall–Kier alpha value is -1.72. The summed E-state index contributed by atoms with van der Waals surface area (Å²) in [6.45, 7) is 11.2. The number of rotatable bonds is 6. The molecule has 0 radical (unpaired) electrons. The third kappa shape index (κ3) is 4.47. The zero-order valence-electron chi connectivity index (χ0n) is 17.8. The first-order chi connectivity index (χ1) is 13.6. The minimum atomic E-state index is 0.546. The van der Waals surface area contributed by atoms with Gasteiger partial charge in [0.2, 0.25) is 0 Å². The van der Waals surface area contributed by atoms with Crippen molar-refractivity contribution in [2.45, 2.75) is 64.5 Å². The molecule has 2 fully saturated rings. The van der Waals surface area contributed by atoms with Crippen LogP contribution in [-0.4, -0.2) is 50.7 Å². The van der Waals surface area contributed by atoms with Gasteiger partial charge in [-0.3, -0.25) is 9.80 Å². The molecule has 2 aliphatic heterocycles. The Morgan fingerprint density at radius 3 is 2.18 bits per heavy atom. The van der Waals surface area contributed by atoms with Crippen molar-refractivity contribution in [2.75, 3.05) is 26.2 Å². The quantitative estimate of drug-likeness (QED) is 0.760. The van der Waals surface area contributed by atoms with Crippen molar-refractivity contribution < 1.29 is 0 Å². The van der Waals surface area contributed by atoms with Gasteiger partial charge in [0.25, 0.3) is 0 Å². The first-order valence-corrected chi connectivity index (χ1v) is 11.0. The summed E-state index contributed by atoms with van der Waals surface area (Å²) in [7, 11) is 2.16. The molecule has 0 N–H and O–H groups in total. The van der Waals surface area contributed by atoms with E-state index in [1.165, 1.54) is 55.7 Å². The molecular weight excluding hydrogens is 346 g/mol. The molecule has 2 aromatic rings. The highest BCUT2D eigenvalue weighted by Gasteiger charge is 2.26. The molecular formula is C23H35N5. The van der Waals surface area contributed by atoms with Crippen molar-refractivity contribution in [3.8, 4) is 0 Å². The normalized spacial score (nSPS) is 19.7. The van der Waals surface area contributed by atoms with Gasteiger partial charge in [-0.25, -0.2) is 0 Å². The van der Waals surface area contributed by atoms with E-state index in [-0.39, 0.29) is 0 Å². The number of piperidine rings is 1. The van der Waals surface area contributed by atoms with Gasteiger partial charge in [0, 0.05) is 19.5 Å². The second-order valence-corrected chi connectivity index (χ2v) is 8.96. The molecule has 0 aliphatic carbocycles. The first kappa shape index (κ1) is 19.6. The molecule has 3 heterocycles. The number of hydrogen-bond donors (Lipinski definition) is 0. The molecule has 1 aromatic carbocycles. The van der Waals surface area contributed by atoms with Crippen molar-refractivity contribution in [1.82, 2.24) is 24.6 Å². The van der Waals surface area contributed by atoms with Crippen molar-refractivity contribution in [1.29, 1.82) is 0 Å². The maximum absolute atomic E-state index is 4.58. The SMILES string of the molecule is CC(C)c1ccc(CN2CCC(c3nnc(CN4CCCC4)n3C)CC2)cc1. The minimum absolute atomic E-state index is 0.546. The summed E-state index contributed by atoms with van der Waals surface area (Å²) in [5, 5.41) is 9.11. The van der Waals surface area contributed by atoms with Crippen molar-refractivity contribution in [2.24, 2.45) is 7.05 Å². The highest BCUT2D eigenvalue weighted by atomic mass is 15.3. The van der Waals surface area contributed by atoms with Crippen LogP contribution in [0.2, 0.25) is 0 Å². The summed E-state index contributed by atoms with van der Waals surface area (Å²) < 4.78 is 2.27. The molecule has 0 spiro atoms. The monoisotopic (exact) mass is 381 g/mol. The zero-order chi connectivity index (χ0) is 19.5. The predicted molar refractivity (Wildman–Crippen MR) is 113 cm³/mol. The van der Waals surface area contributed by atoms with Crippen LogP contribution in [0, 0.1) is 0 Å². The van der Waals surface area contributed by atoms with Crippen LogP contribution in [0.25, 0.3) is 0 Å². The number of hydrogen-bond acceptors (Lipinski definition) is 4. The highest BCUT2D eigenvalue weighted by Crippen LogP contribution is 2.28. The van der Waals surface area contributed by atoms with Gasteiger partial charge in [0.05, 0.1) is 6.54 Å². The lowest BCUT2D eigenvalue weighted by atomic mass is 9.95. The van der Waals surface area contributed by atoms with E-state index in [0.717, 1.165) is 32.0 Å². The molecule has 5 heteroatoms. The van der Waals surface area contributed by atoms with Crippen molar-refractivity contribution in [3.63, 3.8) is 0 Å². The molecule has 0 saturated carbocycles. The van der Waals surface area contributed by atoms with Crippen LogP contribution in [0.4, 0.5) is 0 Å². The Bertz CT molecular complexity index is 750. The fraction of sp³-hybridized carbons (Fsp3) is 0.652. The minimum Gasteiger partial charge on any atom is -0.317 e. The summed E-state index contributed by atoms with van der Waals surface area (Å²) in [6, 6.07) is 9.17. The second kappa shape index (κ2) is 8.75. The molecule has 0 unspecified atom stereocenters. The topological polar surface area (TPSA) is 37.2 Å². The van der Waals surface area contributed by atoms with Crippen LogP contribution in [0.1, 0.15) is 74.1 Å². The van der Waals surface area contributed by atoms with E-state index in [1.54, 1.807) is 0 Å². The number of aromatic nitrogens is 3. The van der Waals surface area contributed by atoms with E-state index in [0.29, 0.717) is 11.8 Å². The molecule has 2 saturated heterocycles. The largest absolute Gasteiger partial charge is 0.317 e. The van der Waals surface area contributed by atoms with Crippen molar-refractivity contribution >= 4 is 0 Å². The molecule has 4 rings (SSSR count). The fourth-order valence-electron chi connectivity index (χ4n) is 4.62.